The van der Waals surface area contributed by atoms with Crippen LogP contribution in [0.3, 0.4) is 0 Å². The van der Waals surface area contributed by atoms with Crippen LogP contribution in [0.4, 0.5) is 0 Å². The maximum Gasteiger partial charge on any atom is 0.165 e. The van der Waals surface area contributed by atoms with E-state index < -0.39 is 0 Å². The second-order valence-electron chi connectivity index (χ2n) is 4.66. The van der Waals surface area contributed by atoms with Crippen LogP contribution in [0, 0.1) is 6.92 Å². The summed E-state index contributed by atoms with van der Waals surface area (Å²) in [7, 11) is 0. The molecule has 0 radical (unpaired) electrons. The number of hydrogen-bond acceptors (Lipinski definition) is 3. The van der Waals surface area contributed by atoms with Crippen molar-refractivity contribution < 1.29 is 0 Å². The van der Waals surface area contributed by atoms with Crippen molar-refractivity contribution in [3.05, 3.63) is 47.8 Å². The Morgan fingerprint density at radius 2 is 2.05 bits per heavy atom. The van der Waals surface area contributed by atoms with Crippen LogP contribution in [0.1, 0.15) is 31.0 Å². The maximum absolute atomic E-state index is 4.29. The van der Waals surface area contributed by atoms with E-state index in [-0.39, 0.29) is 0 Å². The summed E-state index contributed by atoms with van der Waals surface area (Å²) >= 11 is 1.77. The molecule has 0 aliphatic carbocycles. The first kappa shape index (κ1) is 14.2. The van der Waals surface area contributed by atoms with E-state index in [2.05, 4.69) is 60.3 Å². The molecule has 102 valence electrons. The first-order valence-electron chi connectivity index (χ1n) is 6.66. The second-order valence-corrected chi connectivity index (χ2v) is 6.03. The zero-order valence-electron chi connectivity index (χ0n) is 11.7. The van der Waals surface area contributed by atoms with Crippen molar-refractivity contribution >= 4 is 11.8 Å². The lowest BCUT2D eigenvalue weighted by Crippen LogP contribution is -2.28. The number of H-pyrrole nitrogens is 1. The summed E-state index contributed by atoms with van der Waals surface area (Å²) in [6, 6.07) is 9.10. The first-order valence-corrected chi connectivity index (χ1v) is 7.54. The topological polar surface area (TPSA) is 40.7 Å². The standard InChI is InChI=1S/C15H21N3S/c1-4-16-14(13-7-5-11(2)6-8-13)12(3)19-15-17-9-10-18-15/h5-10,12,14,16H,4H2,1-3H3,(H,17,18). The van der Waals surface area contributed by atoms with Crippen LogP contribution in [-0.4, -0.2) is 21.8 Å². The van der Waals surface area contributed by atoms with Gasteiger partial charge in [0.05, 0.1) is 0 Å². The quantitative estimate of drug-likeness (QED) is 0.792. The summed E-state index contributed by atoms with van der Waals surface area (Å²) in [4.78, 5) is 7.44. The smallest absolute Gasteiger partial charge is 0.165 e. The van der Waals surface area contributed by atoms with Crippen molar-refractivity contribution in [3.63, 3.8) is 0 Å². The maximum atomic E-state index is 4.29. The Morgan fingerprint density at radius 1 is 1.32 bits per heavy atom. The summed E-state index contributed by atoms with van der Waals surface area (Å²) in [5.74, 6) is 0. The summed E-state index contributed by atoms with van der Waals surface area (Å²) in [6.07, 6.45) is 3.66. The van der Waals surface area contributed by atoms with Gasteiger partial charge in [-0.25, -0.2) is 4.98 Å². The van der Waals surface area contributed by atoms with E-state index in [1.165, 1.54) is 11.1 Å². The van der Waals surface area contributed by atoms with Crippen LogP contribution in [-0.2, 0) is 0 Å². The monoisotopic (exact) mass is 275 g/mol. The molecule has 0 bridgehead atoms. The summed E-state index contributed by atoms with van der Waals surface area (Å²) < 4.78 is 0. The van der Waals surface area contributed by atoms with Crippen molar-refractivity contribution in [3.8, 4) is 0 Å². The summed E-state index contributed by atoms with van der Waals surface area (Å²) in [6.45, 7) is 7.46. The zero-order chi connectivity index (χ0) is 13.7. The van der Waals surface area contributed by atoms with Gasteiger partial charge in [-0.2, -0.15) is 0 Å². The van der Waals surface area contributed by atoms with E-state index in [1.54, 1.807) is 18.0 Å². The van der Waals surface area contributed by atoms with E-state index in [1.807, 2.05) is 6.20 Å². The molecule has 0 saturated carbocycles. The molecule has 2 rings (SSSR count). The van der Waals surface area contributed by atoms with Crippen LogP contribution in [0.2, 0.25) is 0 Å². The highest BCUT2D eigenvalue weighted by Gasteiger charge is 2.20. The van der Waals surface area contributed by atoms with Crippen molar-refractivity contribution in [2.24, 2.45) is 0 Å². The molecule has 0 saturated heterocycles. The van der Waals surface area contributed by atoms with Gasteiger partial charge in [-0.05, 0) is 19.0 Å². The molecule has 4 heteroatoms. The molecule has 2 unspecified atom stereocenters. The first-order chi connectivity index (χ1) is 9.20. The van der Waals surface area contributed by atoms with E-state index in [0.29, 0.717) is 11.3 Å². The minimum absolute atomic E-state index is 0.334. The second kappa shape index (κ2) is 6.78. The van der Waals surface area contributed by atoms with Crippen molar-refractivity contribution in [1.29, 1.82) is 0 Å². The van der Waals surface area contributed by atoms with Gasteiger partial charge in [0.15, 0.2) is 5.16 Å². The van der Waals surface area contributed by atoms with Gasteiger partial charge in [0, 0.05) is 23.7 Å². The minimum atomic E-state index is 0.334. The highest BCUT2D eigenvalue weighted by atomic mass is 32.2. The lowest BCUT2D eigenvalue weighted by molar-refractivity contribution is 0.547. The van der Waals surface area contributed by atoms with Crippen LogP contribution in [0.25, 0.3) is 0 Å². The number of thioether (sulfide) groups is 1. The number of imidazole rings is 1. The van der Waals surface area contributed by atoms with Gasteiger partial charge >= 0.3 is 0 Å². The zero-order valence-corrected chi connectivity index (χ0v) is 12.5. The molecule has 1 aromatic carbocycles. The molecular formula is C15H21N3S. The Hall–Kier alpha value is -1.26. The number of aromatic amines is 1. The van der Waals surface area contributed by atoms with Gasteiger partial charge < -0.3 is 10.3 Å². The van der Waals surface area contributed by atoms with Crippen LogP contribution < -0.4 is 5.32 Å². The average molecular weight is 275 g/mol. The molecule has 2 N–H and O–H groups in total. The van der Waals surface area contributed by atoms with Gasteiger partial charge in [0.25, 0.3) is 0 Å². The van der Waals surface area contributed by atoms with Gasteiger partial charge in [0.2, 0.25) is 0 Å². The number of benzene rings is 1. The molecular weight excluding hydrogens is 254 g/mol. The van der Waals surface area contributed by atoms with Gasteiger partial charge in [0.1, 0.15) is 0 Å². The number of aryl methyl sites for hydroxylation is 1. The molecule has 0 aliphatic rings. The SMILES string of the molecule is CCNC(c1ccc(C)cc1)C(C)Sc1ncc[nH]1. The Bertz CT molecular complexity index is 479. The molecule has 1 heterocycles. The third-order valence-electron chi connectivity index (χ3n) is 3.10. The molecule has 0 spiro atoms. The average Bonchev–Trinajstić information content (AvgIpc) is 2.90. The molecule has 0 aliphatic heterocycles. The van der Waals surface area contributed by atoms with Gasteiger partial charge in [-0.3, -0.25) is 0 Å². The number of nitrogens with one attached hydrogen (secondary N) is 2. The molecule has 2 aromatic rings. The summed E-state index contributed by atoms with van der Waals surface area (Å²) in [5.41, 5.74) is 2.63. The normalized spacial score (nSPS) is 14.3. The van der Waals surface area contributed by atoms with Crippen LogP contribution in [0.5, 0.6) is 0 Å². The molecule has 19 heavy (non-hydrogen) atoms. The third kappa shape index (κ3) is 3.85. The Morgan fingerprint density at radius 3 is 2.63 bits per heavy atom. The van der Waals surface area contributed by atoms with Crippen molar-refractivity contribution in [1.82, 2.24) is 15.3 Å². The van der Waals surface area contributed by atoms with E-state index in [0.717, 1.165) is 11.7 Å². The van der Waals surface area contributed by atoms with Crippen molar-refractivity contribution in [2.45, 2.75) is 37.2 Å². The fourth-order valence-corrected chi connectivity index (χ4v) is 3.11. The van der Waals surface area contributed by atoms with E-state index in [9.17, 15) is 0 Å². The van der Waals surface area contributed by atoms with Gasteiger partial charge in [-0.1, -0.05) is 55.4 Å². The number of aromatic nitrogens is 2. The fraction of sp³-hybridized carbons (Fsp3) is 0.400. The number of nitrogens with zero attached hydrogens (tertiary/aromatic N) is 1. The highest BCUT2D eigenvalue weighted by Crippen LogP contribution is 2.30. The number of hydrogen-bond donors (Lipinski definition) is 2. The lowest BCUT2D eigenvalue weighted by Gasteiger charge is -2.24. The molecule has 3 nitrogen and oxygen atoms in total. The Kier molecular flexibility index (Phi) is 5.05. The van der Waals surface area contributed by atoms with E-state index in [4.69, 9.17) is 0 Å². The van der Waals surface area contributed by atoms with Crippen molar-refractivity contribution in [2.75, 3.05) is 6.54 Å². The predicted molar refractivity (Wildman–Crippen MR) is 81.5 cm³/mol. The largest absolute Gasteiger partial charge is 0.340 e. The highest BCUT2D eigenvalue weighted by molar-refractivity contribution is 7.99. The molecule has 2 atom stereocenters. The fourth-order valence-electron chi connectivity index (χ4n) is 2.11. The molecule has 0 fully saturated rings. The minimum Gasteiger partial charge on any atom is -0.340 e. The molecule has 1 aromatic heterocycles. The Labute approximate surface area is 119 Å². The van der Waals surface area contributed by atoms with Crippen LogP contribution >= 0.6 is 11.8 Å². The summed E-state index contributed by atoms with van der Waals surface area (Å²) in [5, 5.41) is 4.95. The van der Waals surface area contributed by atoms with E-state index >= 15 is 0 Å². The third-order valence-corrected chi connectivity index (χ3v) is 4.19. The predicted octanol–water partition coefficient (Wildman–Crippen LogP) is 3.55. The van der Waals surface area contributed by atoms with Crippen LogP contribution in [0.15, 0.2) is 41.8 Å². The molecule has 0 amide bonds. The number of rotatable bonds is 6. The van der Waals surface area contributed by atoms with Gasteiger partial charge in [-0.15, -0.1) is 0 Å². The lowest BCUT2D eigenvalue weighted by atomic mass is 10.0. The Balaban J connectivity index is 2.12.